The summed E-state index contributed by atoms with van der Waals surface area (Å²) in [4.78, 5) is 2.33. The highest BCUT2D eigenvalue weighted by Gasteiger charge is 2.16. The molecule has 2 nitrogen and oxygen atoms in total. The van der Waals surface area contributed by atoms with E-state index in [2.05, 4.69) is 43.7 Å². The van der Waals surface area contributed by atoms with Crippen LogP contribution in [0.5, 0.6) is 5.75 Å². The molecule has 1 rings (SSSR count). The maximum atomic E-state index is 5.14. The van der Waals surface area contributed by atoms with Crippen LogP contribution in [0, 0.1) is 0 Å². The van der Waals surface area contributed by atoms with Gasteiger partial charge in [-0.15, -0.1) is 0 Å². The summed E-state index contributed by atoms with van der Waals surface area (Å²) in [5, 5.41) is 0. The number of benzene rings is 1. The van der Waals surface area contributed by atoms with Crippen molar-refractivity contribution in [2.75, 3.05) is 25.2 Å². The summed E-state index contributed by atoms with van der Waals surface area (Å²) in [6.07, 6.45) is 1.18. The van der Waals surface area contributed by atoms with E-state index in [0.29, 0.717) is 0 Å². The fourth-order valence-electron chi connectivity index (χ4n) is 1.64. The Hall–Kier alpha value is -0.963. The van der Waals surface area contributed by atoms with Crippen molar-refractivity contribution in [3.05, 3.63) is 24.3 Å². The number of rotatable bonds is 4. The second-order valence-corrected chi connectivity index (χ2v) is 10.6. The van der Waals surface area contributed by atoms with Gasteiger partial charge in [0.15, 0.2) is 0 Å². The zero-order chi connectivity index (χ0) is 11.5. The Morgan fingerprint density at radius 2 is 1.67 bits per heavy atom. The molecule has 0 saturated carbocycles. The highest BCUT2D eigenvalue weighted by molar-refractivity contribution is 6.76. The second kappa shape index (κ2) is 4.70. The van der Waals surface area contributed by atoms with Crippen molar-refractivity contribution in [2.45, 2.75) is 19.6 Å². The summed E-state index contributed by atoms with van der Waals surface area (Å²) in [5.74, 6) is 0.917. The molecule has 0 unspecified atom stereocenters. The molecule has 0 fully saturated rings. The zero-order valence-corrected chi connectivity index (χ0v) is 11.4. The first-order chi connectivity index (χ1) is 6.92. The second-order valence-electron chi connectivity index (χ2n) is 5.11. The van der Waals surface area contributed by atoms with Crippen LogP contribution >= 0.6 is 0 Å². The number of methoxy groups -OCH3 is 1. The number of ether oxygens (including phenoxy) is 1. The first kappa shape index (κ1) is 12.1. The Balaban J connectivity index is 2.70. The van der Waals surface area contributed by atoms with Gasteiger partial charge >= 0.3 is 0 Å². The Morgan fingerprint density at radius 3 is 2.07 bits per heavy atom. The average molecular weight is 223 g/mol. The molecule has 0 heterocycles. The SMILES string of the molecule is COc1ccc(N(C)C[Si](C)(C)C)cc1. The van der Waals surface area contributed by atoms with E-state index in [-0.39, 0.29) is 0 Å². The van der Waals surface area contributed by atoms with Crippen molar-refractivity contribution in [1.82, 2.24) is 0 Å². The highest BCUT2D eigenvalue weighted by atomic mass is 28.3. The molecule has 0 bridgehead atoms. The van der Waals surface area contributed by atoms with Crippen LogP contribution in [0.2, 0.25) is 19.6 Å². The molecular formula is C12H21NOSi. The molecule has 0 amide bonds. The van der Waals surface area contributed by atoms with E-state index in [9.17, 15) is 0 Å². The molecule has 15 heavy (non-hydrogen) atoms. The standard InChI is InChI=1S/C12H21NOSi/c1-13(10-15(3,4)5)11-6-8-12(14-2)9-7-11/h6-9H,10H2,1-5H3. The van der Waals surface area contributed by atoms with E-state index in [1.807, 2.05) is 12.1 Å². The summed E-state index contributed by atoms with van der Waals surface area (Å²) in [5.41, 5.74) is 1.26. The lowest BCUT2D eigenvalue weighted by molar-refractivity contribution is 0.415. The molecule has 0 aromatic heterocycles. The lowest BCUT2D eigenvalue weighted by atomic mass is 10.3. The van der Waals surface area contributed by atoms with Crippen molar-refractivity contribution >= 4 is 13.8 Å². The van der Waals surface area contributed by atoms with Gasteiger partial charge in [0.25, 0.3) is 0 Å². The minimum Gasteiger partial charge on any atom is -0.497 e. The minimum atomic E-state index is -1.03. The van der Waals surface area contributed by atoms with Crippen molar-refractivity contribution in [3.63, 3.8) is 0 Å². The maximum absolute atomic E-state index is 5.14. The van der Waals surface area contributed by atoms with Crippen molar-refractivity contribution in [3.8, 4) is 5.75 Å². The van der Waals surface area contributed by atoms with Gasteiger partial charge in [0.1, 0.15) is 5.75 Å². The van der Waals surface area contributed by atoms with Crippen molar-refractivity contribution in [1.29, 1.82) is 0 Å². The summed E-state index contributed by atoms with van der Waals surface area (Å²) >= 11 is 0. The van der Waals surface area contributed by atoms with Crippen molar-refractivity contribution in [2.24, 2.45) is 0 Å². The molecule has 0 aliphatic rings. The summed E-state index contributed by atoms with van der Waals surface area (Å²) in [6, 6.07) is 8.24. The van der Waals surface area contributed by atoms with Crippen molar-refractivity contribution < 1.29 is 4.74 Å². The monoisotopic (exact) mass is 223 g/mol. The maximum Gasteiger partial charge on any atom is 0.119 e. The van der Waals surface area contributed by atoms with Gasteiger partial charge in [-0.05, 0) is 24.3 Å². The Kier molecular flexibility index (Phi) is 3.80. The molecule has 84 valence electrons. The molecule has 0 radical (unpaired) electrons. The van der Waals surface area contributed by atoms with Crippen LogP contribution in [0.25, 0.3) is 0 Å². The van der Waals surface area contributed by atoms with E-state index in [1.54, 1.807) is 7.11 Å². The normalized spacial score (nSPS) is 11.3. The largest absolute Gasteiger partial charge is 0.497 e. The lowest BCUT2D eigenvalue weighted by Crippen LogP contribution is -2.37. The molecule has 0 N–H and O–H groups in total. The molecule has 0 saturated heterocycles. The van der Waals surface area contributed by atoms with Gasteiger partial charge in [-0.2, -0.15) is 0 Å². The van der Waals surface area contributed by atoms with Crippen LogP contribution in [-0.2, 0) is 0 Å². The average Bonchev–Trinajstić information content (AvgIpc) is 2.15. The fourth-order valence-corrected chi connectivity index (χ4v) is 3.25. The third-order valence-corrected chi connectivity index (χ3v) is 3.65. The topological polar surface area (TPSA) is 12.5 Å². The van der Waals surface area contributed by atoms with E-state index in [0.717, 1.165) is 5.75 Å². The van der Waals surface area contributed by atoms with Gasteiger partial charge in [-0.1, -0.05) is 19.6 Å². The Morgan fingerprint density at radius 1 is 1.13 bits per heavy atom. The Bertz CT molecular complexity index is 302. The number of hydrogen-bond acceptors (Lipinski definition) is 2. The third-order valence-electron chi connectivity index (χ3n) is 2.22. The van der Waals surface area contributed by atoms with Crippen LogP contribution in [-0.4, -0.2) is 28.4 Å². The zero-order valence-electron chi connectivity index (χ0n) is 10.4. The first-order valence-electron chi connectivity index (χ1n) is 5.27. The van der Waals surface area contributed by atoms with Gasteiger partial charge in [-0.3, -0.25) is 0 Å². The van der Waals surface area contributed by atoms with Crippen LogP contribution in [0.15, 0.2) is 24.3 Å². The fraction of sp³-hybridized carbons (Fsp3) is 0.500. The molecule has 1 aromatic carbocycles. The number of anilines is 1. The molecule has 0 atom stereocenters. The Labute approximate surface area is 93.9 Å². The molecule has 1 aromatic rings. The van der Waals surface area contributed by atoms with Gasteiger partial charge in [0.05, 0.1) is 15.2 Å². The molecule has 0 aliphatic carbocycles. The van der Waals surface area contributed by atoms with E-state index < -0.39 is 8.07 Å². The lowest BCUT2D eigenvalue weighted by Gasteiger charge is -2.27. The molecule has 0 aliphatic heterocycles. The predicted molar refractivity (Wildman–Crippen MR) is 69.6 cm³/mol. The van der Waals surface area contributed by atoms with Crippen LogP contribution in [0.3, 0.4) is 0 Å². The number of hydrogen-bond donors (Lipinski definition) is 0. The first-order valence-corrected chi connectivity index (χ1v) is 8.98. The number of nitrogens with zero attached hydrogens (tertiary/aromatic N) is 1. The van der Waals surface area contributed by atoms with Crippen LogP contribution in [0.4, 0.5) is 5.69 Å². The van der Waals surface area contributed by atoms with E-state index in [1.165, 1.54) is 11.9 Å². The van der Waals surface area contributed by atoms with E-state index in [4.69, 9.17) is 4.74 Å². The van der Waals surface area contributed by atoms with Gasteiger partial charge < -0.3 is 9.64 Å². The minimum absolute atomic E-state index is 0.917. The summed E-state index contributed by atoms with van der Waals surface area (Å²) in [6.45, 7) is 7.15. The summed E-state index contributed by atoms with van der Waals surface area (Å²) in [7, 11) is 2.82. The molecular weight excluding hydrogens is 202 g/mol. The highest BCUT2D eigenvalue weighted by Crippen LogP contribution is 2.19. The summed E-state index contributed by atoms with van der Waals surface area (Å²) < 4.78 is 5.14. The quantitative estimate of drug-likeness (QED) is 0.728. The smallest absolute Gasteiger partial charge is 0.119 e. The van der Waals surface area contributed by atoms with Crippen LogP contribution < -0.4 is 9.64 Å². The van der Waals surface area contributed by atoms with Crippen LogP contribution in [0.1, 0.15) is 0 Å². The van der Waals surface area contributed by atoms with E-state index >= 15 is 0 Å². The van der Waals surface area contributed by atoms with Gasteiger partial charge in [0.2, 0.25) is 0 Å². The molecule has 0 spiro atoms. The van der Waals surface area contributed by atoms with Gasteiger partial charge in [0, 0.05) is 18.9 Å². The molecule has 3 heteroatoms. The van der Waals surface area contributed by atoms with Gasteiger partial charge in [-0.25, -0.2) is 0 Å². The predicted octanol–water partition coefficient (Wildman–Crippen LogP) is 3.01. The third kappa shape index (κ3) is 3.96.